The van der Waals surface area contributed by atoms with Gasteiger partial charge in [-0.3, -0.25) is 15.0 Å². The van der Waals surface area contributed by atoms with E-state index < -0.39 is 90.9 Å². The van der Waals surface area contributed by atoms with Gasteiger partial charge in [-0.2, -0.15) is 5.26 Å². The average Bonchev–Trinajstić information content (AvgIpc) is 3.95. The number of pyridine rings is 3. The standard InChI is InChI=1S/C54H44N4O/c1-36-27-51(42-11-5-3-6-12-42)57-34-45(36)24-21-40-29-39(30-41(31-40)22-25-46-35-58-52(28-37(46)2)43-13-7-4-8-14-43)20-19-38-23-26-50(56-33-38)49-18-10-17-48-47-16-9-15-44(32-55)53(47)59-54(48)49/h3-18,23,26-31,33-35H,19-22,24-25H2,1-2H3/i1D3,2D3,15D,19D2,20D2,21D2,22D2,24D2,25D2. The zero-order valence-corrected chi connectivity index (χ0v) is 31.1. The molecule has 286 valence electrons. The summed E-state index contributed by atoms with van der Waals surface area (Å²) in [6, 6.07) is 33.9. The van der Waals surface area contributed by atoms with Crippen molar-refractivity contribution < 1.29 is 30.5 Å². The van der Waals surface area contributed by atoms with E-state index in [0.29, 0.717) is 33.0 Å². The van der Waals surface area contributed by atoms with Gasteiger partial charge in [0.15, 0.2) is 5.58 Å². The van der Waals surface area contributed by atoms with E-state index in [9.17, 15) is 21.7 Å². The molecule has 4 heterocycles. The molecule has 0 atom stereocenters. The van der Waals surface area contributed by atoms with Gasteiger partial charge in [-0.25, -0.2) is 0 Å². The number of hydrogen-bond donors (Lipinski definition) is 0. The molecule has 0 fully saturated rings. The molecule has 0 saturated carbocycles. The molecule has 4 aromatic heterocycles. The molecule has 0 saturated heterocycles. The van der Waals surface area contributed by atoms with Crippen LogP contribution >= 0.6 is 0 Å². The summed E-state index contributed by atoms with van der Waals surface area (Å²) in [4.78, 5) is 13.1. The van der Waals surface area contributed by atoms with Gasteiger partial charge in [0, 0.05) is 70.7 Å². The zero-order valence-electron chi connectivity index (χ0n) is 50.1. The van der Waals surface area contributed by atoms with Gasteiger partial charge < -0.3 is 4.42 Å². The van der Waals surface area contributed by atoms with Crippen LogP contribution in [0, 0.1) is 25.0 Å². The lowest BCUT2D eigenvalue weighted by Gasteiger charge is -2.13. The molecule has 9 aromatic rings. The van der Waals surface area contributed by atoms with E-state index in [1.807, 2.05) is 6.07 Å². The smallest absolute Gasteiger partial charge is 0.153 e. The lowest BCUT2D eigenvalue weighted by atomic mass is 9.93. The third-order valence-electron chi connectivity index (χ3n) is 9.52. The van der Waals surface area contributed by atoms with Crippen LogP contribution in [0.4, 0.5) is 0 Å². The Morgan fingerprint density at radius 1 is 0.542 bits per heavy atom. The van der Waals surface area contributed by atoms with Gasteiger partial charge >= 0.3 is 0 Å². The van der Waals surface area contributed by atoms with Crippen LogP contribution in [0.2, 0.25) is 0 Å². The summed E-state index contributed by atoms with van der Waals surface area (Å²) in [5.41, 5.74) is -3.46. The van der Waals surface area contributed by atoms with Crippen LogP contribution in [0.1, 0.15) is 76.1 Å². The maximum absolute atomic E-state index is 9.79. The molecule has 0 N–H and O–H groups in total. The van der Waals surface area contributed by atoms with Crippen molar-refractivity contribution in [2.45, 2.75) is 51.9 Å². The van der Waals surface area contributed by atoms with Gasteiger partial charge in [-0.1, -0.05) is 109 Å². The van der Waals surface area contributed by atoms with Gasteiger partial charge in [-0.15, -0.1) is 0 Å². The van der Waals surface area contributed by atoms with Crippen LogP contribution in [0.3, 0.4) is 0 Å². The summed E-state index contributed by atoms with van der Waals surface area (Å²) in [6.45, 7) is -6.14. The summed E-state index contributed by atoms with van der Waals surface area (Å²) < 4.78 is 179. The van der Waals surface area contributed by atoms with Crippen molar-refractivity contribution in [3.05, 3.63) is 208 Å². The molecule has 0 unspecified atom stereocenters. The van der Waals surface area contributed by atoms with Crippen molar-refractivity contribution in [2.75, 3.05) is 0 Å². The Bertz CT molecular complexity index is 3670. The molecule has 0 spiro atoms. The highest BCUT2D eigenvalue weighted by atomic mass is 16.3. The number of furan rings is 1. The first-order valence-electron chi connectivity index (χ1n) is 28.0. The Kier molecular flexibility index (Phi) is 6.12. The first-order valence-corrected chi connectivity index (χ1v) is 18.5. The molecule has 0 radical (unpaired) electrons. The Morgan fingerprint density at radius 2 is 1.08 bits per heavy atom. The minimum Gasteiger partial charge on any atom is -0.454 e. The van der Waals surface area contributed by atoms with E-state index in [-0.39, 0.29) is 39.8 Å². The van der Waals surface area contributed by atoms with Gasteiger partial charge in [0.25, 0.3) is 0 Å². The molecule has 59 heavy (non-hydrogen) atoms. The molecule has 5 aromatic carbocycles. The SMILES string of the molecule is [2H]c1ccc2c(oc3c(-c4ccc(C([2H])([2H])C([2H])([2H])c5cc(C([2H])([2H])C([2H])([2H])c6cnc(-c7ccccc7)cc6C([2H])([2H])[2H])cc(C([2H])([2H])C([2H])([2H])c6cnc(-c7ccccc7)cc6C([2H])([2H])[2H])c5)cn4)cccc32)c1C#N. The zero-order chi connectivity index (χ0) is 56.8. The summed E-state index contributed by atoms with van der Waals surface area (Å²) in [5, 5.41) is 10.9. The summed E-state index contributed by atoms with van der Waals surface area (Å²) in [6.07, 6.45) is -17.5. The molecule has 0 aliphatic carbocycles. The summed E-state index contributed by atoms with van der Waals surface area (Å²) >= 11 is 0. The molecule has 9 rings (SSSR count). The Hall–Kier alpha value is -7.16. The number of aromatic nitrogens is 3. The second-order valence-corrected chi connectivity index (χ2v) is 13.4. The molecule has 0 aliphatic heterocycles. The van der Waals surface area contributed by atoms with E-state index in [1.54, 1.807) is 84.9 Å². The number of nitrogens with zero attached hydrogens (tertiary/aromatic N) is 4. The van der Waals surface area contributed by atoms with Gasteiger partial charge in [0.1, 0.15) is 11.7 Å². The first kappa shape index (κ1) is 21.6. The van der Waals surface area contributed by atoms with Crippen molar-refractivity contribution in [2.24, 2.45) is 0 Å². The number of rotatable bonds is 12. The van der Waals surface area contributed by atoms with Gasteiger partial charge in [0.05, 0.1) is 24.0 Å². The fourth-order valence-electron chi connectivity index (χ4n) is 6.59. The average molecular weight is 784 g/mol. The Labute approximate surface area is 372 Å². The molecular formula is C54H44N4O. The third-order valence-corrected chi connectivity index (χ3v) is 9.52. The quantitative estimate of drug-likeness (QED) is 0.123. The van der Waals surface area contributed by atoms with E-state index in [2.05, 4.69) is 15.0 Å². The van der Waals surface area contributed by atoms with Crippen LogP contribution in [0.5, 0.6) is 0 Å². The van der Waals surface area contributed by atoms with Crippen LogP contribution in [-0.4, -0.2) is 15.0 Å². The minimum atomic E-state index is -3.49. The van der Waals surface area contributed by atoms with Gasteiger partial charge in [-0.05, 0) is 127 Å². The van der Waals surface area contributed by atoms with Crippen molar-refractivity contribution >= 4 is 21.9 Å². The van der Waals surface area contributed by atoms with E-state index >= 15 is 0 Å². The van der Waals surface area contributed by atoms with Crippen LogP contribution in [0.25, 0.3) is 55.7 Å². The topological polar surface area (TPSA) is 75.6 Å². The Balaban J connectivity index is 1.20. The molecule has 5 nitrogen and oxygen atoms in total. The molecule has 5 heteroatoms. The lowest BCUT2D eigenvalue weighted by Crippen LogP contribution is -2.02. The maximum atomic E-state index is 9.79. The number of aryl methyl sites for hydroxylation is 8. The Morgan fingerprint density at radius 3 is 1.64 bits per heavy atom. The van der Waals surface area contributed by atoms with Crippen LogP contribution in [0.15, 0.2) is 163 Å². The number of benzene rings is 5. The molecule has 0 aliphatic rings. The number of fused-ring (bicyclic) bond motifs is 3. The van der Waals surface area contributed by atoms with E-state index in [0.717, 1.165) is 48.9 Å². The highest BCUT2D eigenvalue weighted by Gasteiger charge is 2.16. The van der Waals surface area contributed by atoms with E-state index in [1.165, 1.54) is 18.2 Å². The third kappa shape index (κ3) is 8.17. The molecular weight excluding hydrogens is 721 g/mol. The minimum absolute atomic E-state index is 0.0127. The van der Waals surface area contributed by atoms with Crippen molar-refractivity contribution in [3.8, 4) is 39.8 Å². The number of para-hydroxylation sites is 2. The van der Waals surface area contributed by atoms with E-state index in [4.69, 9.17) is 14.0 Å². The first-order chi connectivity index (χ1) is 36.3. The highest BCUT2D eigenvalue weighted by molar-refractivity contribution is 6.10. The maximum Gasteiger partial charge on any atom is 0.153 e. The fraction of sp³-hybridized carbons (Fsp3) is 0.148. The number of nitriles is 1. The van der Waals surface area contributed by atoms with Crippen LogP contribution < -0.4 is 0 Å². The summed E-state index contributed by atoms with van der Waals surface area (Å²) in [7, 11) is 0. The van der Waals surface area contributed by atoms with Crippen LogP contribution in [-0.2, 0) is 38.2 Å². The monoisotopic (exact) mass is 783 g/mol. The highest BCUT2D eigenvalue weighted by Crippen LogP contribution is 2.36. The second kappa shape index (κ2) is 16.7. The largest absolute Gasteiger partial charge is 0.454 e. The van der Waals surface area contributed by atoms with Crippen molar-refractivity contribution in [3.63, 3.8) is 0 Å². The van der Waals surface area contributed by atoms with Gasteiger partial charge in [0.2, 0.25) is 0 Å². The van der Waals surface area contributed by atoms with Crippen molar-refractivity contribution in [1.29, 1.82) is 5.26 Å². The predicted octanol–water partition coefficient (Wildman–Crippen LogP) is 12.6. The molecule has 0 bridgehead atoms. The predicted molar refractivity (Wildman–Crippen MR) is 239 cm³/mol. The summed E-state index contributed by atoms with van der Waals surface area (Å²) in [5.74, 6) is 0. The lowest BCUT2D eigenvalue weighted by molar-refractivity contribution is 0.668. The molecule has 0 amide bonds. The number of hydrogen-bond acceptors (Lipinski definition) is 5. The normalized spacial score (nSPS) is 17.9. The second-order valence-electron chi connectivity index (χ2n) is 13.4. The van der Waals surface area contributed by atoms with Crippen molar-refractivity contribution in [1.82, 2.24) is 15.0 Å². The fourth-order valence-corrected chi connectivity index (χ4v) is 6.59.